The number of hydrogen-bond donors (Lipinski definition) is 2. The third-order valence-corrected chi connectivity index (χ3v) is 7.19. The molecule has 0 aliphatic heterocycles. The zero-order chi connectivity index (χ0) is 27.3. The maximum atomic E-state index is 13.4. The SMILES string of the molecule is COc1ccc(Cl)c(Nc2nc3ccccc3nc2NS(=O)(=O)c2cccc(C(=O)N(C)CCC#N)c2)c1. The summed E-state index contributed by atoms with van der Waals surface area (Å²) in [5.74, 6) is 0.183. The van der Waals surface area contributed by atoms with E-state index in [1.54, 1.807) is 49.5 Å². The molecule has 0 aliphatic rings. The number of aromatic nitrogens is 2. The van der Waals surface area contributed by atoms with Gasteiger partial charge in [-0.05, 0) is 42.5 Å². The Hall–Kier alpha value is -4.40. The number of halogens is 1. The molecule has 0 radical (unpaired) electrons. The molecule has 1 aromatic heterocycles. The quantitative estimate of drug-likeness (QED) is 0.302. The van der Waals surface area contributed by atoms with E-state index in [2.05, 4.69) is 20.0 Å². The summed E-state index contributed by atoms with van der Waals surface area (Å²) < 4.78 is 34.6. The van der Waals surface area contributed by atoms with Gasteiger partial charge >= 0.3 is 0 Å². The van der Waals surface area contributed by atoms with Gasteiger partial charge in [0.2, 0.25) is 0 Å². The third kappa shape index (κ3) is 5.94. The Morgan fingerprint density at radius 1 is 1.05 bits per heavy atom. The molecular formula is C26H23ClN6O4S. The number of fused-ring (bicyclic) bond motifs is 1. The lowest BCUT2D eigenvalue weighted by molar-refractivity contribution is 0.0797. The number of benzene rings is 3. The highest BCUT2D eigenvalue weighted by molar-refractivity contribution is 7.92. The van der Waals surface area contributed by atoms with Crippen molar-refractivity contribution in [3.05, 3.63) is 77.3 Å². The first-order valence-corrected chi connectivity index (χ1v) is 13.2. The van der Waals surface area contributed by atoms with Crippen LogP contribution in [0.25, 0.3) is 11.0 Å². The van der Waals surface area contributed by atoms with Crippen LogP contribution in [0.4, 0.5) is 17.3 Å². The lowest BCUT2D eigenvalue weighted by atomic mass is 10.2. The number of nitrogens with one attached hydrogen (secondary N) is 2. The summed E-state index contributed by atoms with van der Waals surface area (Å²) in [5, 5.41) is 12.2. The Balaban J connectivity index is 1.71. The third-order valence-electron chi connectivity index (χ3n) is 5.53. The van der Waals surface area contributed by atoms with Crippen molar-refractivity contribution >= 4 is 55.9 Å². The van der Waals surface area contributed by atoms with E-state index in [0.29, 0.717) is 27.5 Å². The number of anilines is 3. The van der Waals surface area contributed by atoms with Crippen LogP contribution in [0.3, 0.4) is 0 Å². The lowest BCUT2D eigenvalue weighted by Gasteiger charge is -2.17. The maximum absolute atomic E-state index is 13.4. The molecule has 0 spiro atoms. The molecule has 0 atom stereocenters. The van der Waals surface area contributed by atoms with E-state index in [4.69, 9.17) is 21.6 Å². The molecule has 1 amide bonds. The van der Waals surface area contributed by atoms with E-state index in [0.717, 1.165) is 0 Å². The normalized spacial score (nSPS) is 11.0. The molecule has 0 fully saturated rings. The van der Waals surface area contributed by atoms with E-state index in [1.807, 2.05) is 6.07 Å². The van der Waals surface area contributed by atoms with E-state index in [-0.39, 0.29) is 35.1 Å². The zero-order valence-corrected chi connectivity index (χ0v) is 22.0. The second-order valence-electron chi connectivity index (χ2n) is 8.15. The Morgan fingerprint density at radius 2 is 1.76 bits per heavy atom. The van der Waals surface area contributed by atoms with Gasteiger partial charge in [0.15, 0.2) is 11.6 Å². The highest BCUT2D eigenvalue weighted by atomic mass is 35.5. The van der Waals surface area contributed by atoms with Crippen LogP contribution in [0.2, 0.25) is 5.02 Å². The molecule has 0 unspecified atom stereocenters. The van der Waals surface area contributed by atoms with Crippen LogP contribution in [0.1, 0.15) is 16.8 Å². The van der Waals surface area contributed by atoms with Gasteiger partial charge in [-0.15, -0.1) is 0 Å². The van der Waals surface area contributed by atoms with Crippen LogP contribution in [-0.4, -0.2) is 49.9 Å². The van der Waals surface area contributed by atoms with Crippen molar-refractivity contribution in [2.24, 2.45) is 0 Å². The number of carbonyl (C=O) groups excluding carboxylic acids is 1. The van der Waals surface area contributed by atoms with Crippen molar-refractivity contribution in [3.63, 3.8) is 0 Å². The first-order chi connectivity index (χ1) is 18.2. The predicted molar refractivity (Wildman–Crippen MR) is 145 cm³/mol. The fraction of sp³-hybridized carbons (Fsp3) is 0.154. The van der Waals surface area contributed by atoms with Crippen LogP contribution < -0.4 is 14.8 Å². The van der Waals surface area contributed by atoms with Crippen molar-refractivity contribution in [2.45, 2.75) is 11.3 Å². The summed E-state index contributed by atoms with van der Waals surface area (Å²) in [6, 6.07) is 19.6. The van der Waals surface area contributed by atoms with Gasteiger partial charge in [0, 0.05) is 25.2 Å². The Kier molecular flexibility index (Phi) is 7.95. The summed E-state index contributed by atoms with van der Waals surface area (Å²) >= 11 is 6.35. The molecule has 4 aromatic rings. The molecule has 2 N–H and O–H groups in total. The van der Waals surface area contributed by atoms with E-state index < -0.39 is 15.9 Å². The van der Waals surface area contributed by atoms with Crippen molar-refractivity contribution in [2.75, 3.05) is 30.7 Å². The standard InChI is InChI=1S/C26H23ClN6O4S/c1-33(14-6-13-28)26(34)17-7-5-8-19(15-17)38(35,36)32-25-24(29-21-9-3-4-10-22(21)30-25)31-23-16-18(37-2)11-12-20(23)27/h3-5,7-12,15-16H,6,14H2,1-2H3,(H,29,31)(H,30,32). The minimum atomic E-state index is -4.19. The van der Waals surface area contributed by atoms with Gasteiger partial charge in [0.25, 0.3) is 15.9 Å². The first-order valence-electron chi connectivity index (χ1n) is 11.3. The van der Waals surface area contributed by atoms with Crippen molar-refractivity contribution < 1.29 is 17.9 Å². The smallest absolute Gasteiger partial charge is 0.263 e. The summed E-state index contributed by atoms with van der Waals surface area (Å²) in [7, 11) is -1.13. The molecule has 194 valence electrons. The second kappa shape index (κ2) is 11.3. The number of sulfonamides is 1. The average molecular weight is 551 g/mol. The highest BCUT2D eigenvalue weighted by Crippen LogP contribution is 2.32. The fourth-order valence-corrected chi connectivity index (χ4v) is 4.75. The van der Waals surface area contributed by atoms with Crippen molar-refractivity contribution in [1.29, 1.82) is 5.26 Å². The molecule has 38 heavy (non-hydrogen) atoms. The highest BCUT2D eigenvalue weighted by Gasteiger charge is 2.22. The van der Waals surface area contributed by atoms with Crippen LogP contribution >= 0.6 is 11.6 Å². The van der Waals surface area contributed by atoms with Gasteiger partial charge in [-0.25, -0.2) is 18.4 Å². The maximum Gasteiger partial charge on any atom is 0.263 e. The van der Waals surface area contributed by atoms with Crippen molar-refractivity contribution in [3.8, 4) is 11.8 Å². The van der Waals surface area contributed by atoms with Crippen LogP contribution in [0.15, 0.2) is 71.6 Å². The Morgan fingerprint density at radius 3 is 2.45 bits per heavy atom. The molecule has 3 aromatic carbocycles. The Bertz CT molecular complexity index is 1660. The second-order valence-corrected chi connectivity index (χ2v) is 10.2. The molecule has 1 heterocycles. The molecular weight excluding hydrogens is 528 g/mol. The molecule has 0 saturated carbocycles. The molecule has 0 aliphatic carbocycles. The number of ether oxygens (including phenoxy) is 1. The van der Waals surface area contributed by atoms with Crippen LogP contribution in [-0.2, 0) is 10.0 Å². The number of carbonyl (C=O) groups is 1. The van der Waals surface area contributed by atoms with Crippen LogP contribution in [0.5, 0.6) is 5.75 Å². The Labute approximate surface area is 224 Å². The van der Waals surface area contributed by atoms with E-state index in [9.17, 15) is 13.2 Å². The van der Waals surface area contributed by atoms with Gasteiger partial charge in [-0.3, -0.25) is 9.52 Å². The fourth-order valence-electron chi connectivity index (χ4n) is 3.54. The van der Waals surface area contributed by atoms with Crippen LogP contribution in [0, 0.1) is 11.3 Å². The summed E-state index contributed by atoms with van der Waals surface area (Å²) in [5.41, 5.74) is 1.60. The topological polar surface area (TPSA) is 137 Å². The predicted octanol–water partition coefficient (Wildman–Crippen LogP) is 4.82. The monoisotopic (exact) mass is 550 g/mol. The number of hydrogen-bond acceptors (Lipinski definition) is 8. The number of nitrogens with zero attached hydrogens (tertiary/aromatic N) is 4. The number of rotatable bonds is 9. The largest absolute Gasteiger partial charge is 0.497 e. The number of amides is 1. The summed E-state index contributed by atoms with van der Waals surface area (Å²) in [4.78, 5) is 23.0. The lowest BCUT2D eigenvalue weighted by Crippen LogP contribution is -2.27. The zero-order valence-electron chi connectivity index (χ0n) is 20.5. The van der Waals surface area contributed by atoms with E-state index >= 15 is 0 Å². The van der Waals surface area contributed by atoms with Gasteiger partial charge in [-0.2, -0.15) is 5.26 Å². The number of methoxy groups -OCH3 is 1. The minimum absolute atomic E-state index is 0.0644. The van der Waals surface area contributed by atoms with Gasteiger partial charge in [-0.1, -0.05) is 29.8 Å². The molecule has 10 nitrogen and oxygen atoms in total. The van der Waals surface area contributed by atoms with Gasteiger partial charge < -0.3 is 15.0 Å². The first kappa shape index (κ1) is 26.7. The van der Waals surface area contributed by atoms with Gasteiger partial charge in [0.05, 0.1) is 46.2 Å². The van der Waals surface area contributed by atoms with Gasteiger partial charge in [0.1, 0.15) is 5.75 Å². The summed E-state index contributed by atoms with van der Waals surface area (Å²) in [6.07, 6.45) is 0.162. The summed E-state index contributed by atoms with van der Waals surface area (Å²) in [6.45, 7) is 0.221. The van der Waals surface area contributed by atoms with E-state index in [1.165, 1.54) is 36.3 Å². The number of nitriles is 1. The minimum Gasteiger partial charge on any atom is -0.497 e. The molecule has 0 bridgehead atoms. The average Bonchev–Trinajstić information content (AvgIpc) is 2.92. The van der Waals surface area contributed by atoms with Crippen molar-refractivity contribution in [1.82, 2.24) is 14.9 Å². The molecule has 12 heteroatoms. The number of para-hydroxylation sites is 2. The molecule has 0 saturated heterocycles. The molecule has 4 rings (SSSR count).